The molecule has 1 aliphatic heterocycles. The van der Waals surface area contributed by atoms with Crippen LogP contribution in [0.3, 0.4) is 0 Å². The molecule has 146 valence electrons. The van der Waals surface area contributed by atoms with Gasteiger partial charge in [0.15, 0.2) is 10.3 Å². The Morgan fingerprint density at radius 2 is 2.00 bits per heavy atom. The van der Waals surface area contributed by atoms with Crippen LogP contribution in [0.1, 0.15) is 43.0 Å². The zero-order valence-electron chi connectivity index (χ0n) is 16.0. The first-order chi connectivity index (χ1) is 13.8. The average Bonchev–Trinajstić information content (AvgIpc) is 3.12. The molecule has 6 nitrogen and oxygen atoms in total. The van der Waals surface area contributed by atoms with Gasteiger partial charge >= 0.3 is 0 Å². The Kier molecular flexibility index (Phi) is 4.98. The lowest BCUT2D eigenvalue weighted by Gasteiger charge is -2.17. The highest BCUT2D eigenvalue weighted by molar-refractivity contribution is 7.98. The van der Waals surface area contributed by atoms with Crippen molar-refractivity contribution in [2.45, 2.75) is 49.6 Å². The van der Waals surface area contributed by atoms with Crippen LogP contribution in [0, 0.1) is 6.92 Å². The van der Waals surface area contributed by atoms with E-state index in [9.17, 15) is 0 Å². The highest BCUT2D eigenvalue weighted by Gasteiger charge is 2.32. The lowest BCUT2D eigenvalue weighted by atomic mass is 10.2. The number of rotatable bonds is 7. The number of hydrogen-bond acceptors (Lipinski definition) is 7. The number of thioether (sulfide) groups is 1. The molecule has 1 saturated heterocycles. The Bertz CT molecular complexity index is 955. The van der Waals surface area contributed by atoms with E-state index in [2.05, 4.69) is 55.5 Å². The van der Waals surface area contributed by atoms with Crippen molar-refractivity contribution < 1.29 is 0 Å². The van der Waals surface area contributed by atoms with Crippen molar-refractivity contribution >= 4 is 39.9 Å². The van der Waals surface area contributed by atoms with E-state index >= 15 is 0 Å². The van der Waals surface area contributed by atoms with Gasteiger partial charge in [-0.05, 0) is 44.2 Å². The molecule has 28 heavy (non-hydrogen) atoms. The van der Waals surface area contributed by atoms with Crippen molar-refractivity contribution in [3.8, 4) is 0 Å². The molecular formula is C20H24N6S2. The maximum Gasteiger partial charge on any atom is 0.228 e. The number of benzene rings is 1. The molecule has 0 radical (unpaired) electrons. The van der Waals surface area contributed by atoms with Gasteiger partial charge < -0.3 is 10.2 Å². The fourth-order valence-electron chi connectivity index (χ4n) is 3.55. The third kappa shape index (κ3) is 3.75. The lowest BCUT2D eigenvalue weighted by Crippen LogP contribution is -2.22. The molecule has 1 N–H and O–H groups in total. The van der Waals surface area contributed by atoms with Gasteiger partial charge in [-0.15, -0.1) is 21.5 Å². The van der Waals surface area contributed by atoms with Crippen LogP contribution in [0.4, 0.5) is 16.8 Å². The molecule has 0 atom stereocenters. The molecular weight excluding hydrogens is 388 g/mol. The summed E-state index contributed by atoms with van der Waals surface area (Å²) in [6, 6.07) is 8.87. The van der Waals surface area contributed by atoms with Crippen LogP contribution in [-0.2, 0) is 5.75 Å². The van der Waals surface area contributed by atoms with Crippen LogP contribution < -0.4 is 10.2 Å². The molecule has 1 saturated carbocycles. The predicted molar refractivity (Wildman–Crippen MR) is 116 cm³/mol. The van der Waals surface area contributed by atoms with Crippen LogP contribution in [0.25, 0.3) is 0 Å². The number of para-hydroxylation sites is 1. The molecule has 0 amide bonds. The summed E-state index contributed by atoms with van der Waals surface area (Å²) < 4.78 is 2.37. The third-order valence-electron chi connectivity index (χ3n) is 5.24. The van der Waals surface area contributed by atoms with Crippen molar-refractivity contribution in [3.63, 3.8) is 0 Å². The number of nitrogens with zero attached hydrogens (tertiary/aromatic N) is 5. The van der Waals surface area contributed by atoms with E-state index in [4.69, 9.17) is 4.98 Å². The molecule has 1 aromatic carbocycles. The molecule has 5 rings (SSSR count). The molecule has 0 spiro atoms. The fraction of sp³-hybridized carbons (Fsp3) is 0.450. The predicted octanol–water partition coefficient (Wildman–Crippen LogP) is 5.01. The number of thiazole rings is 1. The molecule has 3 heterocycles. The van der Waals surface area contributed by atoms with E-state index in [0.717, 1.165) is 46.5 Å². The van der Waals surface area contributed by atoms with Gasteiger partial charge in [-0.3, -0.25) is 4.57 Å². The Morgan fingerprint density at radius 1 is 1.18 bits per heavy atom. The third-order valence-corrected chi connectivity index (χ3v) is 7.02. The summed E-state index contributed by atoms with van der Waals surface area (Å²) >= 11 is 3.40. The second-order valence-corrected chi connectivity index (χ2v) is 9.25. The summed E-state index contributed by atoms with van der Waals surface area (Å²) in [7, 11) is 0. The van der Waals surface area contributed by atoms with Crippen molar-refractivity contribution in [3.05, 3.63) is 40.9 Å². The SMILES string of the molecule is Cc1ccccc1Nc1nc(CSc2nnc(N3CCCC3)n2C2CC2)cs1. The zero-order chi connectivity index (χ0) is 18.9. The Hall–Kier alpha value is -2.06. The molecule has 2 aliphatic rings. The monoisotopic (exact) mass is 412 g/mol. The highest BCUT2D eigenvalue weighted by Crippen LogP contribution is 2.42. The summed E-state index contributed by atoms with van der Waals surface area (Å²) in [5.74, 6) is 1.89. The van der Waals surface area contributed by atoms with Gasteiger partial charge in [-0.25, -0.2) is 4.98 Å². The van der Waals surface area contributed by atoms with Gasteiger partial charge in [0, 0.05) is 36.0 Å². The average molecular weight is 413 g/mol. The Morgan fingerprint density at radius 3 is 2.79 bits per heavy atom. The maximum atomic E-state index is 4.75. The molecule has 2 fully saturated rings. The topological polar surface area (TPSA) is 58.9 Å². The minimum atomic E-state index is 0.585. The van der Waals surface area contributed by atoms with Crippen LogP contribution in [0.15, 0.2) is 34.8 Å². The molecule has 2 aromatic heterocycles. The van der Waals surface area contributed by atoms with Crippen molar-refractivity contribution in [2.75, 3.05) is 23.3 Å². The first-order valence-electron chi connectivity index (χ1n) is 9.87. The molecule has 3 aromatic rings. The standard InChI is InChI=1S/C20H24N6S2/c1-14-6-2-3-7-17(14)22-18-21-15(12-27-18)13-28-20-24-23-19(25-10-4-5-11-25)26(20)16-8-9-16/h2-3,6-7,12,16H,4-5,8-11,13H2,1H3,(H,21,22). The van der Waals surface area contributed by atoms with Crippen molar-refractivity contribution in [1.29, 1.82) is 0 Å². The lowest BCUT2D eigenvalue weighted by molar-refractivity contribution is 0.651. The normalized spacial score (nSPS) is 16.7. The van der Waals surface area contributed by atoms with E-state index < -0.39 is 0 Å². The summed E-state index contributed by atoms with van der Waals surface area (Å²) in [6.45, 7) is 4.32. The van der Waals surface area contributed by atoms with E-state index in [1.165, 1.54) is 31.2 Å². The zero-order valence-corrected chi connectivity index (χ0v) is 17.6. The van der Waals surface area contributed by atoms with E-state index in [0.29, 0.717) is 6.04 Å². The van der Waals surface area contributed by atoms with E-state index in [1.807, 2.05) is 6.07 Å². The van der Waals surface area contributed by atoms with Gasteiger partial charge in [-0.2, -0.15) is 0 Å². The summed E-state index contributed by atoms with van der Waals surface area (Å²) in [5.41, 5.74) is 3.42. The smallest absolute Gasteiger partial charge is 0.228 e. The quantitative estimate of drug-likeness (QED) is 0.550. The second-order valence-electron chi connectivity index (χ2n) is 7.45. The first-order valence-corrected chi connectivity index (χ1v) is 11.7. The summed E-state index contributed by atoms with van der Waals surface area (Å²) in [4.78, 5) is 7.15. The minimum Gasteiger partial charge on any atom is -0.341 e. The Labute approximate surface area is 173 Å². The van der Waals surface area contributed by atoms with Crippen LogP contribution in [-0.4, -0.2) is 32.8 Å². The van der Waals surface area contributed by atoms with Gasteiger partial charge in [0.1, 0.15) is 0 Å². The van der Waals surface area contributed by atoms with Gasteiger partial charge in [-0.1, -0.05) is 30.0 Å². The van der Waals surface area contributed by atoms with Crippen LogP contribution >= 0.6 is 23.1 Å². The molecule has 0 unspecified atom stereocenters. The number of anilines is 3. The van der Waals surface area contributed by atoms with Gasteiger partial charge in [0.25, 0.3) is 0 Å². The summed E-state index contributed by atoms with van der Waals surface area (Å²) in [6.07, 6.45) is 5.01. The molecule has 0 bridgehead atoms. The van der Waals surface area contributed by atoms with E-state index in [-0.39, 0.29) is 0 Å². The fourth-order valence-corrected chi connectivity index (χ4v) is 5.27. The summed E-state index contributed by atoms with van der Waals surface area (Å²) in [5, 5.41) is 16.6. The molecule has 8 heteroatoms. The molecule has 1 aliphatic carbocycles. The van der Waals surface area contributed by atoms with Crippen LogP contribution in [0.5, 0.6) is 0 Å². The van der Waals surface area contributed by atoms with Gasteiger partial charge in [0.05, 0.1) is 5.69 Å². The van der Waals surface area contributed by atoms with E-state index in [1.54, 1.807) is 23.1 Å². The number of nitrogens with one attached hydrogen (secondary N) is 1. The number of hydrogen-bond donors (Lipinski definition) is 1. The number of aryl methyl sites for hydroxylation is 1. The first kappa shape index (κ1) is 18.0. The van der Waals surface area contributed by atoms with Crippen molar-refractivity contribution in [1.82, 2.24) is 19.7 Å². The largest absolute Gasteiger partial charge is 0.341 e. The highest BCUT2D eigenvalue weighted by atomic mass is 32.2. The number of aromatic nitrogens is 4. The maximum absolute atomic E-state index is 4.75. The van der Waals surface area contributed by atoms with Crippen LogP contribution in [0.2, 0.25) is 0 Å². The van der Waals surface area contributed by atoms with Gasteiger partial charge in [0.2, 0.25) is 5.95 Å². The minimum absolute atomic E-state index is 0.585. The van der Waals surface area contributed by atoms with Crippen molar-refractivity contribution in [2.24, 2.45) is 0 Å². The Balaban J connectivity index is 1.27. The second kappa shape index (κ2) is 7.75.